The molecular formula is C14H20N2O2. The van der Waals surface area contributed by atoms with Gasteiger partial charge in [0.25, 0.3) is 0 Å². The van der Waals surface area contributed by atoms with Crippen LogP contribution in [0.25, 0.3) is 0 Å². The second-order valence-electron chi connectivity index (χ2n) is 5.01. The predicted octanol–water partition coefficient (Wildman–Crippen LogP) is 0.848. The van der Waals surface area contributed by atoms with Gasteiger partial charge in [-0.05, 0) is 17.5 Å². The van der Waals surface area contributed by atoms with Crippen LogP contribution in [-0.4, -0.2) is 49.0 Å². The Balaban J connectivity index is 1.77. The minimum atomic E-state index is 0.135. The van der Waals surface area contributed by atoms with Crippen LogP contribution in [0.5, 0.6) is 0 Å². The zero-order valence-electron chi connectivity index (χ0n) is 10.6. The number of anilines is 1. The molecule has 0 radical (unpaired) electrons. The summed E-state index contributed by atoms with van der Waals surface area (Å²) >= 11 is 0. The van der Waals surface area contributed by atoms with Gasteiger partial charge in [-0.3, -0.25) is 4.90 Å². The van der Waals surface area contributed by atoms with Gasteiger partial charge in [0, 0.05) is 25.3 Å². The first-order valence-electron chi connectivity index (χ1n) is 6.66. The van der Waals surface area contributed by atoms with E-state index in [-0.39, 0.29) is 12.6 Å². The van der Waals surface area contributed by atoms with Crippen molar-refractivity contribution in [3.8, 4) is 0 Å². The minimum absolute atomic E-state index is 0.135. The van der Waals surface area contributed by atoms with E-state index in [1.807, 2.05) is 0 Å². The number of benzene rings is 1. The third kappa shape index (κ3) is 2.23. The number of nitrogens with zero attached hydrogens (tertiary/aromatic N) is 1. The first kappa shape index (κ1) is 12.0. The van der Waals surface area contributed by atoms with Crippen molar-refractivity contribution in [3.05, 3.63) is 29.3 Å². The maximum atomic E-state index is 9.40. The number of fused-ring (bicyclic) bond motifs is 1. The van der Waals surface area contributed by atoms with Crippen molar-refractivity contribution in [3.63, 3.8) is 0 Å². The first-order chi connectivity index (χ1) is 8.88. The van der Waals surface area contributed by atoms with Crippen LogP contribution in [0.1, 0.15) is 11.1 Å². The number of aliphatic hydroxyl groups is 1. The number of morpholine rings is 1. The summed E-state index contributed by atoms with van der Waals surface area (Å²) in [5.41, 5.74) is 4.06. The van der Waals surface area contributed by atoms with Crippen LogP contribution in [0.2, 0.25) is 0 Å². The molecule has 1 saturated heterocycles. The Morgan fingerprint density at radius 2 is 2.39 bits per heavy atom. The number of nitrogens with one attached hydrogen (secondary N) is 1. The van der Waals surface area contributed by atoms with Crippen molar-refractivity contribution < 1.29 is 9.84 Å². The van der Waals surface area contributed by atoms with Crippen LogP contribution >= 0.6 is 0 Å². The smallest absolute Gasteiger partial charge is 0.0644 e. The summed E-state index contributed by atoms with van der Waals surface area (Å²) < 4.78 is 5.42. The van der Waals surface area contributed by atoms with Gasteiger partial charge in [0.15, 0.2) is 0 Å². The van der Waals surface area contributed by atoms with Gasteiger partial charge >= 0.3 is 0 Å². The largest absolute Gasteiger partial charge is 0.395 e. The Morgan fingerprint density at radius 3 is 3.28 bits per heavy atom. The molecule has 0 aliphatic carbocycles. The highest BCUT2D eigenvalue weighted by Gasteiger charge is 2.24. The van der Waals surface area contributed by atoms with Crippen molar-refractivity contribution in [2.75, 3.05) is 38.2 Å². The topological polar surface area (TPSA) is 44.7 Å². The molecule has 1 fully saturated rings. The number of hydrogen-bond donors (Lipinski definition) is 2. The van der Waals surface area contributed by atoms with Gasteiger partial charge in [0.2, 0.25) is 0 Å². The molecule has 98 valence electrons. The number of hydrogen-bond acceptors (Lipinski definition) is 4. The molecule has 1 aromatic carbocycles. The predicted molar refractivity (Wildman–Crippen MR) is 70.7 cm³/mol. The molecule has 2 aliphatic heterocycles. The molecular weight excluding hydrogens is 228 g/mol. The Hall–Kier alpha value is -1.10. The molecule has 3 rings (SSSR count). The van der Waals surface area contributed by atoms with Gasteiger partial charge in [0.1, 0.15) is 0 Å². The van der Waals surface area contributed by atoms with Gasteiger partial charge in [0.05, 0.1) is 25.9 Å². The van der Waals surface area contributed by atoms with E-state index in [2.05, 4.69) is 28.4 Å². The van der Waals surface area contributed by atoms with E-state index >= 15 is 0 Å². The van der Waals surface area contributed by atoms with E-state index in [1.165, 1.54) is 16.8 Å². The molecule has 4 nitrogen and oxygen atoms in total. The van der Waals surface area contributed by atoms with Crippen LogP contribution < -0.4 is 5.32 Å². The molecule has 2 heterocycles. The number of aliphatic hydroxyl groups excluding tert-OH is 1. The standard InChI is InChI=1S/C14H20N2O2/c17-9-13-10-18-7-6-16(13)8-12-3-1-2-11-4-5-15-14(11)12/h1-3,13,15,17H,4-10H2. The van der Waals surface area contributed by atoms with Crippen molar-refractivity contribution in [1.82, 2.24) is 4.90 Å². The zero-order valence-corrected chi connectivity index (χ0v) is 10.6. The van der Waals surface area contributed by atoms with Crippen LogP contribution in [0.3, 0.4) is 0 Å². The molecule has 0 spiro atoms. The lowest BCUT2D eigenvalue weighted by molar-refractivity contribution is -0.0311. The quantitative estimate of drug-likeness (QED) is 0.832. The van der Waals surface area contributed by atoms with Crippen LogP contribution in [0.15, 0.2) is 18.2 Å². The van der Waals surface area contributed by atoms with Gasteiger partial charge < -0.3 is 15.2 Å². The molecule has 0 amide bonds. The normalized spacial score (nSPS) is 23.7. The van der Waals surface area contributed by atoms with Crippen molar-refractivity contribution >= 4 is 5.69 Å². The van der Waals surface area contributed by atoms with E-state index in [4.69, 9.17) is 4.74 Å². The summed E-state index contributed by atoms with van der Waals surface area (Å²) in [6.07, 6.45) is 1.12. The molecule has 1 atom stereocenters. The highest BCUT2D eigenvalue weighted by atomic mass is 16.5. The zero-order chi connectivity index (χ0) is 12.4. The Labute approximate surface area is 108 Å². The average Bonchev–Trinajstić information content (AvgIpc) is 2.89. The van der Waals surface area contributed by atoms with E-state index in [0.29, 0.717) is 6.61 Å². The highest BCUT2D eigenvalue weighted by molar-refractivity contribution is 5.61. The molecule has 2 aliphatic rings. The molecule has 1 aromatic rings. The van der Waals surface area contributed by atoms with E-state index in [9.17, 15) is 5.11 Å². The van der Waals surface area contributed by atoms with E-state index in [0.717, 1.165) is 32.7 Å². The van der Waals surface area contributed by atoms with E-state index < -0.39 is 0 Å². The Kier molecular flexibility index (Phi) is 3.50. The molecule has 4 heteroatoms. The molecule has 0 aromatic heterocycles. The van der Waals surface area contributed by atoms with Crippen molar-refractivity contribution in [1.29, 1.82) is 0 Å². The maximum Gasteiger partial charge on any atom is 0.0644 e. The lowest BCUT2D eigenvalue weighted by Gasteiger charge is -2.34. The van der Waals surface area contributed by atoms with Gasteiger partial charge in [-0.25, -0.2) is 0 Å². The lowest BCUT2D eigenvalue weighted by atomic mass is 10.1. The summed E-state index contributed by atoms with van der Waals surface area (Å²) in [5, 5.41) is 12.9. The van der Waals surface area contributed by atoms with Gasteiger partial charge in [-0.2, -0.15) is 0 Å². The molecule has 0 saturated carbocycles. The number of rotatable bonds is 3. The van der Waals surface area contributed by atoms with E-state index in [1.54, 1.807) is 0 Å². The van der Waals surface area contributed by atoms with Crippen LogP contribution in [-0.2, 0) is 17.7 Å². The molecule has 2 N–H and O–H groups in total. The monoisotopic (exact) mass is 248 g/mol. The summed E-state index contributed by atoms with van der Waals surface area (Å²) in [7, 11) is 0. The summed E-state index contributed by atoms with van der Waals surface area (Å²) in [6.45, 7) is 4.40. The second kappa shape index (κ2) is 5.26. The van der Waals surface area contributed by atoms with Crippen molar-refractivity contribution in [2.24, 2.45) is 0 Å². The molecule has 1 unspecified atom stereocenters. The SMILES string of the molecule is OCC1COCCN1Cc1cccc2c1NCC2. The second-order valence-corrected chi connectivity index (χ2v) is 5.01. The fourth-order valence-corrected chi connectivity index (χ4v) is 2.83. The summed E-state index contributed by atoms with van der Waals surface area (Å²) in [5.74, 6) is 0. The lowest BCUT2D eigenvalue weighted by Crippen LogP contribution is -2.46. The fraction of sp³-hybridized carbons (Fsp3) is 0.571. The van der Waals surface area contributed by atoms with Crippen LogP contribution in [0, 0.1) is 0 Å². The molecule has 0 bridgehead atoms. The first-order valence-corrected chi connectivity index (χ1v) is 6.66. The minimum Gasteiger partial charge on any atom is -0.395 e. The Bertz CT molecular complexity index is 422. The fourth-order valence-electron chi connectivity index (χ4n) is 2.83. The number of ether oxygens (including phenoxy) is 1. The third-order valence-corrected chi connectivity index (χ3v) is 3.87. The van der Waals surface area contributed by atoms with Crippen molar-refractivity contribution in [2.45, 2.75) is 19.0 Å². The van der Waals surface area contributed by atoms with Crippen LogP contribution in [0.4, 0.5) is 5.69 Å². The third-order valence-electron chi connectivity index (χ3n) is 3.87. The summed E-state index contributed by atoms with van der Waals surface area (Å²) in [6, 6.07) is 6.65. The maximum absolute atomic E-state index is 9.40. The average molecular weight is 248 g/mol. The Morgan fingerprint density at radius 1 is 1.44 bits per heavy atom. The highest BCUT2D eigenvalue weighted by Crippen LogP contribution is 2.28. The summed E-state index contributed by atoms with van der Waals surface area (Å²) in [4.78, 5) is 2.32. The van der Waals surface area contributed by atoms with Gasteiger partial charge in [-0.1, -0.05) is 18.2 Å². The molecule has 18 heavy (non-hydrogen) atoms. The number of para-hydroxylation sites is 1. The van der Waals surface area contributed by atoms with Gasteiger partial charge in [-0.15, -0.1) is 0 Å².